The van der Waals surface area contributed by atoms with Crippen molar-refractivity contribution < 1.29 is 28.5 Å². The van der Waals surface area contributed by atoms with Crippen molar-refractivity contribution in [3.8, 4) is 22.6 Å². The topological polar surface area (TPSA) is 112 Å². The van der Waals surface area contributed by atoms with E-state index in [0.29, 0.717) is 11.1 Å². The van der Waals surface area contributed by atoms with Crippen LogP contribution in [0, 0.1) is 0 Å². The Hall–Kier alpha value is -2.55. The highest BCUT2D eigenvalue weighted by molar-refractivity contribution is 7.92. The van der Waals surface area contributed by atoms with Crippen LogP contribution in [0.1, 0.15) is 15.9 Å². The van der Waals surface area contributed by atoms with Gasteiger partial charge in [0.05, 0.1) is 5.75 Å². The third-order valence-electron chi connectivity index (χ3n) is 3.86. The minimum absolute atomic E-state index is 0.0245. The second-order valence-corrected chi connectivity index (χ2v) is 9.52. The number of carboxylic acids is 1. The van der Waals surface area contributed by atoms with Crippen LogP contribution in [0.5, 0.6) is 11.5 Å². The molecule has 2 aromatic carbocycles. The first-order valence-electron chi connectivity index (χ1n) is 7.55. The monoisotopic (exact) mass is 424 g/mol. The molecule has 140 valence electrons. The zero-order valence-electron chi connectivity index (χ0n) is 13.6. The van der Waals surface area contributed by atoms with Gasteiger partial charge in [-0.05, 0) is 18.2 Å². The highest BCUT2D eigenvalue weighted by atomic mass is 35.5. The summed E-state index contributed by atoms with van der Waals surface area (Å²) in [5, 5.41) is 29.1. The summed E-state index contributed by atoms with van der Waals surface area (Å²) in [6, 6.07) is 11.7. The lowest BCUT2D eigenvalue weighted by Gasteiger charge is -2.07. The first-order chi connectivity index (χ1) is 12.7. The number of phenolic OH excluding ortho intramolecular Hbond substituents is 1. The van der Waals surface area contributed by atoms with Crippen molar-refractivity contribution >= 4 is 38.7 Å². The Morgan fingerprint density at radius 3 is 2.41 bits per heavy atom. The summed E-state index contributed by atoms with van der Waals surface area (Å²) >= 11 is 7.00. The number of carboxylic acid groups (broad SMARTS) is 1. The van der Waals surface area contributed by atoms with Crippen molar-refractivity contribution in [2.45, 2.75) is 9.96 Å². The number of benzene rings is 2. The van der Waals surface area contributed by atoms with E-state index in [9.17, 15) is 23.4 Å². The zero-order valence-corrected chi connectivity index (χ0v) is 16.0. The molecule has 1 heterocycles. The maximum absolute atomic E-state index is 12.7. The number of halogens is 1. The number of aromatic carboxylic acids is 1. The molecule has 0 radical (unpaired) electrons. The van der Waals surface area contributed by atoms with E-state index < -0.39 is 27.3 Å². The van der Waals surface area contributed by atoms with E-state index in [1.165, 1.54) is 30.3 Å². The van der Waals surface area contributed by atoms with E-state index >= 15 is 0 Å². The quantitative estimate of drug-likeness (QED) is 0.567. The van der Waals surface area contributed by atoms with E-state index in [1.807, 2.05) is 0 Å². The molecule has 3 N–H and O–H groups in total. The largest absolute Gasteiger partial charge is 0.507 e. The van der Waals surface area contributed by atoms with Crippen LogP contribution in [-0.2, 0) is 15.6 Å². The fourth-order valence-corrected chi connectivity index (χ4v) is 5.73. The smallest absolute Gasteiger partial charge is 0.339 e. The predicted molar refractivity (Wildman–Crippen MR) is 102 cm³/mol. The SMILES string of the molecule is O=C(O)c1cccc(CS(=O)(=O)c2cc(-c3ccccc3O)c(Cl)s2)c1O. The van der Waals surface area contributed by atoms with Gasteiger partial charge in [0.1, 0.15) is 25.6 Å². The molecule has 0 amide bonds. The molecular weight excluding hydrogens is 412 g/mol. The van der Waals surface area contributed by atoms with Crippen molar-refractivity contribution in [1.82, 2.24) is 0 Å². The summed E-state index contributed by atoms with van der Waals surface area (Å²) in [4.78, 5) is 11.1. The third kappa shape index (κ3) is 3.78. The summed E-state index contributed by atoms with van der Waals surface area (Å²) in [5.41, 5.74) is 0.378. The van der Waals surface area contributed by atoms with E-state index in [1.54, 1.807) is 18.2 Å². The van der Waals surface area contributed by atoms with Crippen LogP contribution in [0.2, 0.25) is 4.34 Å². The molecule has 3 rings (SSSR count). The number of thiophene rings is 1. The van der Waals surface area contributed by atoms with Gasteiger partial charge in [0.25, 0.3) is 0 Å². The average Bonchev–Trinajstić information content (AvgIpc) is 2.99. The summed E-state index contributed by atoms with van der Waals surface area (Å²) in [6.45, 7) is 0. The van der Waals surface area contributed by atoms with Gasteiger partial charge in [-0.1, -0.05) is 41.9 Å². The highest BCUT2D eigenvalue weighted by Gasteiger charge is 2.24. The molecule has 0 spiro atoms. The molecule has 0 saturated carbocycles. The summed E-state index contributed by atoms with van der Waals surface area (Å²) < 4.78 is 25.6. The van der Waals surface area contributed by atoms with Gasteiger partial charge in [-0.25, -0.2) is 13.2 Å². The summed E-state index contributed by atoms with van der Waals surface area (Å²) in [5.74, 6) is -2.56. The van der Waals surface area contributed by atoms with E-state index in [-0.39, 0.29) is 25.4 Å². The highest BCUT2D eigenvalue weighted by Crippen LogP contribution is 2.42. The number of sulfone groups is 1. The van der Waals surface area contributed by atoms with Crippen LogP contribution in [0.25, 0.3) is 11.1 Å². The van der Waals surface area contributed by atoms with Crippen LogP contribution in [0.3, 0.4) is 0 Å². The first kappa shape index (κ1) is 19.2. The van der Waals surface area contributed by atoms with E-state index in [4.69, 9.17) is 16.7 Å². The van der Waals surface area contributed by atoms with Crippen LogP contribution in [-0.4, -0.2) is 29.7 Å². The van der Waals surface area contributed by atoms with E-state index in [0.717, 1.165) is 11.3 Å². The molecule has 0 bridgehead atoms. The van der Waals surface area contributed by atoms with Crippen LogP contribution < -0.4 is 0 Å². The van der Waals surface area contributed by atoms with E-state index in [2.05, 4.69) is 0 Å². The summed E-state index contributed by atoms with van der Waals surface area (Å²) in [7, 11) is -3.90. The first-order valence-corrected chi connectivity index (χ1v) is 10.4. The van der Waals surface area contributed by atoms with Crippen LogP contribution in [0.4, 0.5) is 0 Å². The van der Waals surface area contributed by atoms with Gasteiger partial charge in [-0.3, -0.25) is 0 Å². The minimum atomic E-state index is -3.90. The molecule has 0 unspecified atom stereocenters. The molecule has 0 saturated heterocycles. The van der Waals surface area contributed by atoms with Crippen molar-refractivity contribution in [3.05, 3.63) is 64.0 Å². The molecule has 9 heteroatoms. The average molecular weight is 425 g/mol. The van der Waals surface area contributed by atoms with Gasteiger partial charge < -0.3 is 15.3 Å². The number of carbonyl (C=O) groups is 1. The number of rotatable bonds is 5. The lowest BCUT2D eigenvalue weighted by Crippen LogP contribution is -2.05. The number of aromatic hydroxyl groups is 2. The normalized spacial score (nSPS) is 11.4. The number of para-hydroxylation sites is 2. The van der Waals surface area contributed by atoms with Crippen molar-refractivity contribution in [1.29, 1.82) is 0 Å². The van der Waals surface area contributed by atoms with Gasteiger partial charge in [0, 0.05) is 16.7 Å². The molecule has 0 aliphatic rings. The Balaban J connectivity index is 2.00. The number of hydrogen-bond acceptors (Lipinski definition) is 6. The Kier molecular flexibility index (Phi) is 5.14. The molecule has 0 atom stereocenters. The van der Waals surface area contributed by atoms with Gasteiger partial charge >= 0.3 is 5.97 Å². The number of phenols is 2. The Morgan fingerprint density at radius 1 is 1.04 bits per heavy atom. The lowest BCUT2D eigenvalue weighted by atomic mass is 10.1. The second kappa shape index (κ2) is 7.22. The van der Waals surface area contributed by atoms with Gasteiger partial charge in [0.2, 0.25) is 0 Å². The molecule has 1 aromatic heterocycles. The third-order valence-corrected chi connectivity index (χ3v) is 7.45. The minimum Gasteiger partial charge on any atom is -0.507 e. The maximum atomic E-state index is 12.7. The zero-order chi connectivity index (χ0) is 19.8. The standard InChI is InChI=1S/C18H13ClO6S2/c19-17-13(11-5-1-2-7-14(11)20)8-15(26-17)27(24,25)9-10-4-3-6-12(16(10)21)18(22)23/h1-8,20-21H,9H2,(H,22,23). The summed E-state index contributed by atoms with van der Waals surface area (Å²) in [6.07, 6.45) is 0. The molecule has 3 aromatic rings. The predicted octanol–water partition coefficient (Wildman–Crippen LogP) is 4.15. The van der Waals surface area contributed by atoms with Gasteiger partial charge in [-0.15, -0.1) is 11.3 Å². The molecule has 27 heavy (non-hydrogen) atoms. The Bertz CT molecular complexity index is 1130. The molecule has 6 nitrogen and oxygen atoms in total. The Morgan fingerprint density at radius 2 is 1.74 bits per heavy atom. The van der Waals surface area contributed by atoms with Crippen LogP contribution >= 0.6 is 22.9 Å². The maximum Gasteiger partial charge on any atom is 0.339 e. The molecular formula is C18H13ClO6S2. The van der Waals surface area contributed by atoms with Crippen LogP contribution in [0.15, 0.2) is 52.7 Å². The number of hydrogen-bond donors (Lipinski definition) is 3. The van der Waals surface area contributed by atoms with Crippen molar-refractivity contribution in [3.63, 3.8) is 0 Å². The fraction of sp³-hybridized carbons (Fsp3) is 0.0556. The van der Waals surface area contributed by atoms with Crippen molar-refractivity contribution in [2.75, 3.05) is 0 Å². The molecule has 0 aliphatic carbocycles. The second-order valence-electron chi connectivity index (χ2n) is 5.65. The van der Waals surface area contributed by atoms with Gasteiger partial charge in [0.15, 0.2) is 9.84 Å². The van der Waals surface area contributed by atoms with Crippen molar-refractivity contribution in [2.24, 2.45) is 0 Å². The Labute approximate surface area is 163 Å². The molecule has 0 fully saturated rings. The fourth-order valence-electron chi connectivity index (χ4n) is 2.54. The lowest BCUT2D eigenvalue weighted by molar-refractivity contribution is 0.0693. The van der Waals surface area contributed by atoms with Gasteiger partial charge in [-0.2, -0.15) is 0 Å². The molecule has 0 aliphatic heterocycles.